The van der Waals surface area contributed by atoms with Gasteiger partial charge in [0.25, 0.3) is 12.3 Å². The normalized spacial score (nSPS) is 11.1. The molecule has 0 saturated heterocycles. The van der Waals surface area contributed by atoms with Crippen molar-refractivity contribution in [2.45, 2.75) is 19.6 Å². The molecular weight excluding hydrogens is 399 g/mol. The first-order valence-corrected chi connectivity index (χ1v) is 8.13. The lowest BCUT2D eigenvalue weighted by atomic mass is 10.1. The van der Waals surface area contributed by atoms with Crippen LogP contribution >= 0.6 is 0 Å². The molecule has 0 saturated carbocycles. The minimum absolute atomic E-state index is 0.0443. The van der Waals surface area contributed by atoms with E-state index >= 15 is 0 Å². The van der Waals surface area contributed by atoms with E-state index in [9.17, 15) is 26.7 Å². The van der Waals surface area contributed by atoms with Gasteiger partial charge in [-0.25, -0.2) is 26.9 Å². The number of hydrogen-bond acceptors (Lipinski definition) is 4. The number of halogens is 5. The molecule has 3 rings (SSSR count). The van der Waals surface area contributed by atoms with Crippen LogP contribution in [-0.4, -0.2) is 25.5 Å². The van der Waals surface area contributed by atoms with Crippen molar-refractivity contribution in [2.75, 3.05) is 5.32 Å². The Morgan fingerprint density at radius 3 is 2.45 bits per heavy atom. The minimum atomic E-state index is -2.92. The predicted molar refractivity (Wildman–Crippen MR) is 90.7 cm³/mol. The summed E-state index contributed by atoms with van der Waals surface area (Å²) in [5.41, 5.74) is -0.845. The highest BCUT2D eigenvalue weighted by Crippen LogP contribution is 2.23. The number of benzene rings is 1. The molecular formula is C18H13F5N4O2. The molecule has 3 aromatic rings. The van der Waals surface area contributed by atoms with Crippen molar-refractivity contribution in [3.63, 3.8) is 0 Å². The zero-order valence-corrected chi connectivity index (χ0v) is 14.5. The van der Waals surface area contributed by atoms with E-state index < -0.39 is 42.0 Å². The van der Waals surface area contributed by atoms with Gasteiger partial charge in [-0.05, 0) is 23.8 Å². The number of carbonyl (C=O) groups is 1. The van der Waals surface area contributed by atoms with Gasteiger partial charge in [0.1, 0.15) is 0 Å². The van der Waals surface area contributed by atoms with Gasteiger partial charge in [0.2, 0.25) is 0 Å². The average Bonchev–Trinajstić information content (AvgIpc) is 3.12. The lowest BCUT2D eigenvalue weighted by Gasteiger charge is -2.08. The maximum atomic E-state index is 13.3. The Kier molecular flexibility index (Phi) is 5.87. The summed E-state index contributed by atoms with van der Waals surface area (Å²) in [6.45, 7) is -0.754. The molecule has 1 amide bonds. The monoisotopic (exact) mass is 412 g/mol. The molecule has 2 N–H and O–H groups in total. The van der Waals surface area contributed by atoms with Gasteiger partial charge in [-0.15, -0.1) is 0 Å². The van der Waals surface area contributed by atoms with Gasteiger partial charge in [0, 0.05) is 24.5 Å². The van der Waals surface area contributed by atoms with E-state index in [1.165, 1.54) is 17.1 Å². The molecule has 152 valence electrons. The fourth-order valence-corrected chi connectivity index (χ4v) is 2.57. The second-order valence-corrected chi connectivity index (χ2v) is 5.98. The SMILES string of the molecule is O=C(Nc1cn(Cc2cc(F)c(F)c(F)c2)cn1)c1cnc(CO)c(C(F)F)c1. The van der Waals surface area contributed by atoms with Crippen LogP contribution in [0.15, 0.2) is 36.9 Å². The third kappa shape index (κ3) is 4.57. The van der Waals surface area contributed by atoms with Gasteiger partial charge in [0.15, 0.2) is 23.3 Å². The number of alkyl halides is 2. The Hall–Kier alpha value is -3.34. The van der Waals surface area contributed by atoms with E-state index in [0.717, 1.165) is 24.4 Å². The lowest BCUT2D eigenvalue weighted by Crippen LogP contribution is -2.14. The highest BCUT2D eigenvalue weighted by Gasteiger charge is 2.18. The van der Waals surface area contributed by atoms with Crippen molar-refractivity contribution in [2.24, 2.45) is 0 Å². The summed E-state index contributed by atoms with van der Waals surface area (Å²) in [6.07, 6.45) is 0.703. The first-order chi connectivity index (χ1) is 13.8. The summed E-state index contributed by atoms with van der Waals surface area (Å²) in [6, 6.07) is 2.58. The van der Waals surface area contributed by atoms with Crippen molar-refractivity contribution in [1.82, 2.24) is 14.5 Å². The lowest BCUT2D eigenvalue weighted by molar-refractivity contribution is 0.102. The number of nitrogens with zero attached hydrogens (tertiary/aromatic N) is 3. The molecule has 0 unspecified atom stereocenters. The highest BCUT2D eigenvalue weighted by atomic mass is 19.3. The Morgan fingerprint density at radius 2 is 1.83 bits per heavy atom. The van der Waals surface area contributed by atoms with Gasteiger partial charge in [0.05, 0.1) is 24.2 Å². The summed E-state index contributed by atoms with van der Waals surface area (Å²) in [7, 11) is 0. The molecule has 0 aliphatic heterocycles. The van der Waals surface area contributed by atoms with Gasteiger partial charge in [-0.2, -0.15) is 0 Å². The van der Waals surface area contributed by atoms with Gasteiger partial charge in [-0.3, -0.25) is 9.78 Å². The average molecular weight is 412 g/mol. The Labute approximate surface area is 160 Å². The summed E-state index contributed by atoms with van der Waals surface area (Å²) >= 11 is 0. The summed E-state index contributed by atoms with van der Waals surface area (Å²) in [4.78, 5) is 19.8. The van der Waals surface area contributed by atoms with E-state index in [4.69, 9.17) is 5.11 Å². The van der Waals surface area contributed by atoms with Crippen LogP contribution in [0.2, 0.25) is 0 Å². The molecule has 6 nitrogen and oxygen atoms in total. The van der Waals surface area contributed by atoms with Crippen LogP contribution in [-0.2, 0) is 13.2 Å². The summed E-state index contributed by atoms with van der Waals surface area (Å²) in [5, 5.41) is 11.4. The highest BCUT2D eigenvalue weighted by molar-refractivity contribution is 6.03. The number of carbonyl (C=O) groups excluding carboxylic acids is 1. The van der Waals surface area contributed by atoms with E-state index in [-0.39, 0.29) is 29.2 Å². The Bertz CT molecular complexity index is 1030. The number of aromatic nitrogens is 3. The smallest absolute Gasteiger partial charge is 0.265 e. The molecule has 2 heterocycles. The predicted octanol–water partition coefficient (Wildman–Crippen LogP) is 3.43. The summed E-state index contributed by atoms with van der Waals surface area (Å²) < 4.78 is 66.9. The number of aliphatic hydroxyl groups is 1. The topological polar surface area (TPSA) is 80.0 Å². The van der Waals surface area contributed by atoms with Crippen LogP contribution in [0.1, 0.15) is 33.6 Å². The standard InChI is InChI=1S/C18H13F5N4O2/c19-12-1-9(2-13(20)16(12)21)5-27-6-15(25-8-27)26-18(29)10-3-11(17(22)23)14(7-28)24-4-10/h1-4,6,8,17,28H,5,7H2,(H,26,29). The molecule has 1 aromatic carbocycles. The Morgan fingerprint density at radius 1 is 1.14 bits per heavy atom. The third-order valence-electron chi connectivity index (χ3n) is 3.93. The fraction of sp³-hybridized carbons (Fsp3) is 0.167. The number of hydrogen-bond donors (Lipinski definition) is 2. The number of aliphatic hydroxyl groups excluding tert-OH is 1. The number of rotatable bonds is 6. The molecule has 0 bridgehead atoms. The van der Waals surface area contributed by atoms with Crippen LogP contribution in [0.25, 0.3) is 0 Å². The number of anilines is 1. The number of pyridine rings is 1. The molecule has 0 aliphatic rings. The van der Waals surface area contributed by atoms with Gasteiger partial charge in [-0.1, -0.05) is 0 Å². The number of imidazole rings is 1. The molecule has 0 radical (unpaired) electrons. The van der Waals surface area contributed by atoms with Crippen molar-refractivity contribution in [1.29, 1.82) is 0 Å². The van der Waals surface area contributed by atoms with Crippen molar-refractivity contribution in [3.05, 3.63) is 76.8 Å². The van der Waals surface area contributed by atoms with Crippen LogP contribution in [0.3, 0.4) is 0 Å². The quantitative estimate of drug-likeness (QED) is 0.480. The largest absolute Gasteiger partial charge is 0.390 e. The minimum Gasteiger partial charge on any atom is -0.390 e. The zero-order valence-electron chi connectivity index (χ0n) is 14.5. The molecule has 2 aromatic heterocycles. The van der Waals surface area contributed by atoms with E-state index in [2.05, 4.69) is 15.3 Å². The van der Waals surface area contributed by atoms with E-state index in [1.54, 1.807) is 0 Å². The molecule has 0 aliphatic carbocycles. The van der Waals surface area contributed by atoms with Crippen LogP contribution in [0.5, 0.6) is 0 Å². The third-order valence-corrected chi connectivity index (χ3v) is 3.93. The maximum absolute atomic E-state index is 13.3. The van der Waals surface area contributed by atoms with E-state index in [1.807, 2.05) is 0 Å². The van der Waals surface area contributed by atoms with Crippen LogP contribution < -0.4 is 5.32 Å². The van der Waals surface area contributed by atoms with Crippen molar-refractivity contribution >= 4 is 11.7 Å². The second kappa shape index (κ2) is 8.35. The number of amides is 1. The Balaban J connectivity index is 1.73. The van der Waals surface area contributed by atoms with E-state index in [0.29, 0.717) is 0 Å². The van der Waals surface area contributed by atoms with Crippen LogP contribution in [0, 0.1) is 17.5 Å². The van der Waals surface area contributed by atoms with Crippen molar-refractivity contribution < 1.29 is 31.9 Å². The first-order valence-electron chi connectivity index (χ1n) is 8.13. The van der Waals surface area contributed by atoms with Gasteiger partial charge < -0.3 is 15.0 Å². The van der Waals surface area contributed by atoms with Crippen molar-refractivity contribution in [3.8, 4) is 0 Å². The number of nitrogens with one attached hydrogen (secondary N) is 1. The van der Waals surface area contributed by atoms with Crippen LogP contribution in [0.4, 0.5) is 27.8 Å². The maximum Gasteiger partial charge on any atom is 0.265 e. The van der Waals surface area contributed by atoms with Gasteiger partial charge >= 0.3 is 0 Å². The first kappa shape index (κ1) is 20.4. The molecule has 29 heavy (non-hydrogen) atoms. The fourth-order valence-electron chi connectivity index (χ4n) is 2.57. The second-order valence-electron chi connectivity index (χ2n) is 5.98. The molecule has 0 fully saturated rings. The zero-order chi connectivity index (χ0) is 21.1. The summed E-state index contributed by atoms with van der Waals surface area (Å²) in [5.74, 6) is -4.96. The molecule has 0 atom stereocenters. The molecule has 0 spiro atoms. The molecule has 11 heteroatoms.